The second kappa shape index (κ2) is 4.96. The van der Waals surface area contributed by atoms with Crippen molar-refractivity contribution in [3.63, 3.8) is 0 Å². The fourth-order valence-electron chi connectivity index (χ4n) is 2.44. The van der Waals surface area contributed by atoms with Gasteiger partial charge in [0.15, 0.2) is 5.78 Å². The highest BCUT2D eigenvalue weighted by Crippen LogP contribution is 2.25. The van der Waals surface area contributed by atoms with E-state index in [0.717, 1.165) is 12.0 Å². The van der Waals surface area contributed by atoms with Crippen LogP contribution < -0.4 is 10.4 Å². The number of ether oxygens (including phenoxy) is 1. The topological polar surface area (TPSA) is 56.5 Å². The predicted molar refractivity (Wildman–Crippen MR) is 74.2 cm³/mol. The highest BCUT2D eigenvalue weighted by atomic mass is 16.5. The summed E-state index contributed by atoms with van der Waals surface area (Å²) in [6.45, 7) is 0. The van der Waals surface area contributed by atoms with E-state index in [9.17, 15) is 9.59 Å². The predicted octanol–water partition coefficient (Wildman–Crippen LogP) is 2.83. The summed E-state index contributed by atoms with van der Waals surface area (Å²) in [7, 11) is 1.58. The van der Waals surface area contributed by atoms with Gasteiger partial charge in [0.05, 0.1) is 18.2 Å². The van der Waals surface area contributed by atoms with Gasteiger partial charge in [0.25, 0.3) is 0 Å². The van der Waals surface area contributed by atoms with Gasteiger partial charge in [-0.05, 0) is 30.2 Å². The monoisotopic (exact) mass is 270 g/mol. The van der Waals surface area contributed by atoms with Crippen LogP contribution in [0.15, 0.2) is 39.5 Å². The van der Waals surface area contributed by atoms with Gasteiger partial charge in [0.1, 0.15) is 11.5 Å². The van der Waals surface area contributed by atoms with Crippen molar-refractivity contribution in [3.05, 3.63) is 52.1 Å². The van der Waals surface area contributed by atoms with Crippen molar-refractivity contribution in [2.24, 2.45) is 0 Å². The first kappa shape index (κ1) is 12.7. The second-order valence-corrected chi connectivity index (χ2v) is 4.79. The van der Waals surface area contributed by atoms with Crippen LogP contribution in [0, 0.1) is 0 Å². The summed E-state index contributed by atoms with van der Waals surface area (Å²) < 4.78 is 10.4. The molecule has 4 nitrogen and oxygen atoms in total. The van der Waals surface area contributed by atoms with Crippen molar-refractivity contribution < 1.29 is 13.9 Å². The molecule has 0 N–H and O–H groups in total. The molecule has 2 aromatic rings. The molecule has 0 unspecified atom stereocenters. The zero-order valence-corrected chi connectivity index (χ0v) is 11.1. The standard InChI is InChI=1S/C16H14O4/c1-19-11-7-5-10(6-8-11)12-9-13-14(17)3-2-4-15(13)20-16(12)18/h5-9H,2-4H2,1H3. The average Bonchev–Trinajstić information content (AvgIpc) is 2.47. The van der Waals surface area contributed by atoms with Crippen LogP contribution in [0.5, 0.6) is 5.75 Å². The number of Topliss-reactive ketones (excluding diaryl/α,β-unsaturated/α-hetero) is 1. The Labute approximate surface area is 116 Å². The van der Waals surface area contributed by atoms with E-state index in [-0.39, 0.29) is 5.78 Å². The van der Waals surface area contributed by atoms with Crippen LogP contribution in [0.3, 0.4) is 0 Å². The number of hydrogen-bond acceptors (Lipinski definition) is 4. The number of methoxy groups -OCH3 is 1. The van der Waals surface area contributed by atoms with Crippen molar-refractivity contribution in [3.8, 4) is 16.9 Å². The first-order valence-corrected chi connectivity index (χ1v) is 6.53. The van der Waals surface area contributed by atoms with Crippen molar-refractivity contribution in [1.82, 2.24) is 0 Å². The zero-order chi connectivity index (χ0) is 14.1. The quantitative estimate of drug-likeness (QED) is 0.842. The number of ketones is 1. The third-order valence-electron chi connectivity index (χ3n) is 3.53. The molecule has 20 heavy (non-hydrogen) atoms. The van der Waals surface area contributed by atoms with Crippen molar-refractivity contribution >= 4 is 5.78 Å². The average molecular weight is 270 g/mol. The van der Waals surface area contributed by atoms with E-state index in [0.29, 0.717) is 35.5 Å². The molecular formula is C16H14O4. The molecule has 4 heteroatoms. The maximum absolute atomic E-state index is 12.0. The lowest BCUT2D eigenvalue weighted by Crippen LogP contribution is -2.16. The Morgan fingerprint density at radius 3 is 2.50 bits per heavy atom. The van der Waals surface area contributed by atoms with Crippen molar-refractivity contribution in [2.75, 3.05) is 7.11 Å². The molecule has 0 spiro atoms. The van der Waals surface area contributed by atoms with Gasteiger partial charge in [-0.3, -0.25) is 4.79 Å². The lowest BCUT2D eigenvalue weighted by molar-refractivity contribution is 0.0966. The molecule has 1 aromatic heterocycles. The lowest BCUT2D eigenvalue weighted by atomic mass is 9.94. The highest BCUT2D eigenvalue weighted by Gasteiger charge is 2.21. The van der Waals surface area contributed by atoms with Gasteiger partial charge in [-0.25, -0.2) is 4.79 Å². The van der Waals surface area contributed by atoms with Crippen LogP contribution in [0.25, 0.3) is 11.1 Å². The first-order valence-electron chi connectivity index (χ1n) is 6.53. The van der Waals surface area contributed by atoms with Gasteiger partial charge in [-0.15, -0.1) is 0 Å². The van der Waals surface area contributed by atoms with Crippen molar-refractivity contribution in [1.29, 1.82) is 0 Å². The normalized spacial score (nSPS) is 13.9. The molecule has 0 saturated heterocycles. The number of benzene rings is 1. The minimum Gasteiger partial charge on any atom is -0.497 e. The Balaban J connectivity index is 2.11. The Morgan fingerprint density at radius 2 is 1.80 bits per heavy atom. The summed E-state index contributed by atoms with van der Waals surface area (Å²) in [6, 6.07) is 8.77. The van der Waals surface area contributed by atoms with Crippen LogP contribution in [0.2, 0.25) is 0 Å². The Hall–Kier alpha value is -2.36. The van der Waals surface area contributed by atoms with Crippen LogP contribution in [-0.2, 0) is 6.42 Å². The maximum Gasteiger partial charge on any atom is 0.343 e. The Morgan fingerprint density at radius 1 is 1.05 bits per heavy atom. The number of fused-ring (bicyclic) bond motifs is 1. The third kappa shape index (κ3) is 2.13. The van der Waals surface area contributed by atoms with Gasteiger partial charge in [-0.1, -0.05) is 12.1 Å². The van der Waals surface area contributed by atoms with E-state index in [1.807, 2.05) is 0 Å². The fraction of sp³-hybridized carbons (Fsp3) is 0.250. The maximum atomic E-state index is 12.0. The molecule has 3 rings (SSSR count). The number of hydrogen-bond donors (Lipinski definition) is 0. The number of carbonyl (C=O) groups excluding carboxylic acids is 1. The zero-order valence-electron chi connectivity index (χ0n) is 11.1. The van der Waals surface area contributed by atoms with Crippen LogP contribution in [-0.4, -0.2) is 12.9 Å². The summed E-state index contributed by atoms with van der Waals surface area (Å²) in [5.74, 6) is 1.28. The molecule has 0 amide bonds. The molecule has 0 fully saturated rings. The SMILES string of the molecule is COc1ccc(-c2cc3c(oc2=O)CCCC3=O)cc1. The van der Waals surface area contributed by atoms with Gasteiger partial charge in [0, 0.05) is 12.8 Å². The molecule has 0 aliphatic heterocycles. The summed E-state index contributed by atoms with van der Waals surface area (Å²) in [5.41, 5.74) is 1.28. The van der Waals surface area contributed by atoms with Gasteiger partial charge in [-0.2, -0.15) is 0 Å². The van der Waals surface area contributed by atoms with Crippen LogP contribution in [0.1, 0.15) is 29.0 Å². The highest BCUT2D eigenvalue weighted by molar-refractivity contribution is 5.98. The van der Waals surface area contributed by atoms with E-state index < -0.39 is 5.63 Å². The molecule has 0 saturated carbocycles. The minimum absolute atomic E-state index is 0.0461. The Bertz CT molecular complexity index is 710. The lowest BCUT2D eigenvalue weighted by Gasteiger charge is -2.13. The molecule has 1 aromatic carbocycles. The molecule has 0 atom stereocenters. The largest absolute Gasteiger partial charge is 0.497 e. The van der Waals surface area contributed by atoms with Crippen LogP contribution in [0.4, 0.5) is 0 Å². The second-order valence-electron chi connectivity index (χ2n) is 4.79. The van der Waals surface area contributed by atoms with E-state index in [1.165, 1.54) is 0 Å². The smallest absolute Gasteiger partial charge is 0.343 e. The van der Waals surface area contributed by atoms with E-state index in [2.05, 4.69) is 0 Å². The number of carbonyl (C=O) groups is 1. The van der Waals surface area contributed by atoms with Gasteiger partial charge >= 0.3 is 5.63 Å². The van der Waals surface area contributed by atoms with Crippen LogP contribution >= 0.6 is 0 Å². The van der Waals surface area contributed by atoms with Gasteiger partial charge < -0.3 is 9.15 Å². The number of aryl methyl sites for hydroxylation is 1. The Kier molecular flexibility index (Phi) is 3.14. The molecule has 1 aliphatic rings. The summed E-state index contributed by atoms with van der Waals surface area (Å²) >= 11 is 0. The first-order chi connectivity index (χ1) is 9.69. The molecule has 1 aliphatic carbocycles. The number of rotatable bonds is 2. The summed E-state index contributed by atoms with van der Waals surface area (Å²) in [5, 5.41) is 0. The fourth-order valence-corrected chi connectivity index (χ4v) is 2.44. The molecule has 0 bridgehead atoms. The third-order valence-corrected chi connectivity index (χ3v) is 3.53. The molecular weight excluding hydrogens is 256 g/mol. The van der Waals surface area contributed by atoms with E-state index >= 15 is 0 Å². The van der Waals surface area contributed by atoms with E-state index in [1.54, 1.807) is 37.4 Å². The molecule has 102 valence electrons. The molecule has 0 radical (unpaired) electrons. The van der Waals surface area contributed by atoms with E-state index in [4.69, 9.17) is 9.15 Å². The molecule has 1 heterocycles. The van der Waals surface area contributed by atoms with Gasteiger partial charge in [0.2, 0.25) is 0 Å². The summed E-state index contributed by atoms with van der Waals surface area (Å²) in [6.07, 6.45) is 1.92. The van der Waals surface area contributed by atoms with Crippen molar-refractivity contribution in [2.45, 2.75) is 19.3 Å². The summed E-state index contributed by atoms with van der Waals surface area (Å²) in [4.78, 5) is 23.9. The minimum atomic E-state index is -0.399.